The molecule has 4 nitrogen and oxygen atoms in total. The van der Waals surface area contributed by atoms with Gasteiger partial charge in [0.15, 0.2) is 0 Å². The summed E-state index contributed by atoms with van der Waals surface area (Å²) >= 11 is 0. The summed E-state index contributed by atoms with van der Waals surface area (Å²) in [4.78, 5) is 14.6. The van der Waals surface area contributed by atoms with E-state index >= 15 is 0 Å². The van der Waals surface area contributed by atoms with Crippen molar-refractivity contribution in [2.45, 2.75) is 39.2 Å². The topological polar surface area (TPSA) is 46.3 Å². The van der Waals surface area contributed by atoms with E-state index in [9.17, 15) is 4.79 Å². The highest BCUT2D eigenvalue weighted by molar-refractivity contribution is 5.79. The third kappa shape index (κ3) is 2.84. The van der Waals surface area contributed by atoms with Crippen molar-refractivity contribution in [2.75, 3.05) is 6.54 Å². The molecule has 0 radical (unpaired) electrons. The van der Waals surface area contributed by atoms with Gasteiger partial charge >= 0.3 is 0 Å². The molecular formula is C17H20N2O2. The van der Waals surface area contributed by atoms with Crippen molar-refractivity contribution in [3.8, 4) is 0 Å². The Morgan fingerprint density at radius 1 is 1.38 bits per heavy atom. The van der Waals surface area contributed by atoms with E-state index in [1.807, 2.05) is 49.1 Å². The van der Waals surface area contributed by atoms with Crippen molar-refractivity contribution in [2.24, 2.45) is 0 Å². The largest absolute Gasteiger partial charge is 0.361 e. The Morgan fingerprint density at radius 3 is 2.90 bits per heavy atom. The van der Waals surface area contributed by atoms with Crippen LogP contribution in [0.2, 0.25) is 0 Å². The number of benzene rings is 1. The number of likely N-dealkylation sites (tertiary alicyclic amines) is 1. The number of hydrogen-bond acceptors (Lipinski definition) is 3. The van der Waals surface area contributed by atoms with Gasteiger partial charge in [-0.25, -0.2) is 0 Å². The number of hydrogen-bond donors (Lipinski definition) is 0. The molecule has 1 aromatic heterocycles. The molecule has 1 fully saturated rings. The van der Waals surface area contributed by atoms with Gasteiger partial charge in [-0.15, -0.1) is 0 Å². The minimum absolute atomic E-state index is 0.0685. The minimum atomic E-state index is 0.0685. The van der Waals surface area contributed by atoms with Gasteiger partial charge in [-0.05, 0) is 37.8 Å². The fourth-order valence-electron chi connectivity index (χ4n) is 2.99. The minimum Gasteiger partial charge on any atom is -0.361 e. The lowest BCUT2D eigenvalue weighted by atomic mass is 10.0. The number of aryl methyl sites for hydroxylation is 2. The summed E-state index contributed by atoms with van der Waals surface area (Å²) in [7, 11) is 0. The first-order chi connectivity index (χ1) is 10.1. The van der Waals surface area contributed by atoms with Crippen LogP contribution in [0.3, 0.4) is 0 Å². The van der Waals surface area contributed by atoms with E-state index < -0.39 is 0 Å². The van der Waals surface area contributed by atoms with E-state index in [0.29, 0.717) is 6.42 Å². The quantitative estimate of drug-likeness (QED) is 0.869. The fourth-order valence-corrected chi connectivity index (χ4v) is 2.99. The zero-order valence-electron chi connectivity index (χ0n) is 12.5. The lowest BCUT2D eigenvalue weighted by Crippen LogP contribution is -2.32. The molecule has 110 valence electrons. The van der Waals surface area contributed by atoms with Crippen molar-refractivity contribution in [1.82, 2.24) is 10.1 Å². The standard InChI is InChI=1S/C17H20N2O2/c1-12-6-3-4-7-14(12)11-17(20)19-9-5-8-16(19)15-10-13(2)21-18-15/h3-4,6-7,10,16H,5,8-9,11H2,1-2H3. The third-order valence-electron chi connectivity index (χ3n) is 4.16. The van der Waals surface area contributed by atoms with Gasteiger partial charge in [0.1, 0.15) is 11.5 Å². The lowest BCUT2D eigenvalue weighted by Gasteiger charge is -2.23. The van der Waals surface area contributed by atoms with Crippen LogP contribution in [0, 0.1) is 13.8 Å². The average Bonchev–Trinajstić information content (AvgIpc) is 3.09. The summed E-state index contributed by atoms with van der Waals surface area (Å²) in [5.41, 5.74) is 3.14. The fraction of sp³-hybridized carbons (Fsp3) is 0.412. The molecule has 1 amide bonds. The second-order valence-electron chi connectivity index (χ2n) is 5.71. The number of carbonyl (C=O) groups is 1. The zero-order valence-corrected chi connectivity index (χ0v) is 12.5. The number of amides is 1. The van der Waals surface area contributed by atoms with Gasteiger partial charge < -0.3 is 9.42 Å². The van der Waals surface area contributed by atoms with Crippen LogP contribution in [-0.4, -0.2) is 22.5 Å². The number of rotatable bonds is 3. The summed E-state index contributed by atoms with van der Waals surface area (Å²) in [5.74, 6) is 0.968. The van der Waals surface area contributed by atoms with E-state index in [2.05, 4.69) is 5.16 Å². The van der Waals surface area contributed by atoms with Gasteiger partial charge in [-0.1, -0.05) is 29.4 Å². The Labute approximate surface area is 124 Å². The van der Waals surface area contributed by atoms with Gasteiger partial charge in [0.2, 0.25) is 5.91 Å². The van der Waals surface area contributed by atoms with Crippen molar-refractivity contribution >= 4 is 5.91 Å². The first kappa shape index (κ1) is 13.9. The predicted molar refractivity (Wildman–Crippen MR) is 79.8 cm³/mol. The van der Waals surface area contributed by atoms with E-state index in [1.54, 1.807) is 0 Å². The highest BCUT2D eigenvalue weighted by atomic mass is 16.5. The first-order valence-electron chi connectivity index (χ1n) is 7.42. The maximum atomic E-state index is 12.6. The van der Waals surface area contributed by atoms with Crippen LogP contribution in [0.5, 0.6) is 0 Å². The molecule has 3 rings (SSSR count). The molecule has 0 spiro atoms. The molecule has 1 unspecified atom stereocenters. The first-order valence-corrected chi connectivity index (χ1v) is 7.42. The van der Waals surface area contributed by atoms with Crippen molar-refractivity contribution < 1.29 is 9.32 Å². The van der Waals surface area contributed by atoms with Crippen LogP contribution in [0.25, 0.3) is 0 Å². The molecule has 0 aliphatic carbocycles. The van der Waals surface area contributed by atoms with Crippen LogP contribution < -0.4 is 0 Å². The monoisotopic (exact) mass is 284 g/mol. The van der Waals surface area contributed by atoms with Gasteiger partial charge in [0, 0.05) is 12.6 Å². The van der Waals surface area contributed by atoms with Crippen LogP contribution in [0.1, 0.15) is 41.5 Å². The Bertz CT molecular complexity index is 648. The molecule has 0 saturated carbocycles. The second-order valence-corrected chi connectivity index (χ2v) is 5.71. The van der Waals surface area contributed by atoms with E-state index in [0.717, 1.165) is 36.4 Å². The summed E-state index contributed by atoms with van der Waals surface area (Å²) in [6.45, 7) is 4.73. The van der Waals surface area contributed by atoms with Gasteiger partial charge in [0.05, 0.1) is 12.5 Å². The smallest absolute Gasteiger partial charge is 0.227 e. The summed E-state index contributed by atoms with van der Waals surface area (Å²) in [6, 6.07) is 10.1. The average molecular weight is 284 g/mol. The van der Waals surface area contributed by atoms with Crippen LogP contribution in [0.4, 0.5) is 0 Å². The maximum Gasteiger partial charge on any atom is 0.227 e. The molecule has 2 aromatic rings. The second kappa shape index (κ2) is 5.72. The zero-order chi connectivity index (χ0) is 14.8. The van der Waals surface area contributed by atoms with E-state index in [4.69, 9.17) is 4.52 Å². The molecule has 1 saturated heterocycles. The van der Waals surface area contributed by atoms with Gasteiger partial charge in [-0.3, -0.25) is 4.79 Å². The highest BCUT2D eigenvalue weighted by Crippen LogP contribution is 2.32. The van der Waals surface area contributed by atoms with Crippen LogP contribution >= 0.6 is 0 Å². The Hall–Kier alpha value is -2.10. The predicted octanol–water partition coefficient (Wildman–Crippen LogP) is 3.20. The summed E-state index contributed by atoms with van der Waals surface area (Å²) in [5, 5.41) is 4.09. The van der Waals surface area contributed by atoms with E-state index in [-0.39, 0.29) is 11.9 Å². The normalized spacial score (nSPS) is 18.2. The third-order valence-corrected chi connectivity index (χ3v) is 4.16. The Balaban J connectivity index is 1.76. The molecule has 21 heavy (non-hydrogen) atoms. The van der Waals surface area contributed by atoms with Gasteiger partial charge in [-0.2, -0.15) is 0 Å². The molecule has 0 bridgehead atoms. The van der Waals surface area contributed by atoms with E-state index in [1.165, 1.54) is 5.56 Å². The highest BCUT2D eigenvalue weighted by Gasteiger charge is 2.31. The molecule has 1 aromatic carbocycles. The Kier molecular flexibility index (Phi) is 3.78. The summed E-state index contributed by atoms with van der Waals surface area (Å²) in [6.07, 6.45) is 2.45. The molecule has 1 atom stereocenters. The van der Waals surface area contributed by atoms with Crippen molar-refractivity contribution in [3.05, 3.63) is 52.9 Å². The Morgan fingerprint density at radius 2 is 2.19 bits per heavy atom. The molecule has 1 aliphatic heterocycles. The number of aromatic nitrogens is 1. The molecule has 4 heteroatoms. The lowest BCUT2D eigenvalue weighted by molar-refractivity contribution is -0.131. The molecular weight excluding hydrogens is 264 g/mol. The molecule has 2 heterocycles. The van der Waals surface area contributed by atoms with Crippen molar-refractivity contribution in [1.29, 1.82) is 0 Å². The number of nitrogens with zero attached hydrogens (tertiary/aromatic N) is 2. The van der Waals surface area contributed by atoms with Crippen LogP contribution in [0.15, 0.2) is 34.9 Å². The SMILES string of the molecule is Cc1cc(C2CCCN2C(=O)Cc2ccccc2C)no1. The molecule has 1 aliphatic rings. The summed E-state index contributed by atoms with van der Waals surface area (Å²) < 4.78 is 5.15. The number of carbonyl (C=O) groups excluding carboxylic acids is 1. The van der Waals surface area contributed by atoms with Crippen molar-refractivity contribution in [3.63, 3.8) is 0 Å². The van der Waals surface area contributed by atoms with Gasteiger partial charge in [0.25, 0.3) is 0 Å². The maximum absolute atomic E-state index is 12.6. The van der Waals surface area contributed by atoms with Crippen LogP contribution in [-0.2, 0) is 11.2 Å². The molecule has 0 N–H and O–H groups in total.